The Labute approximate surface area is 150 Å². The first-order valence-corrected chi connectivity index (χ1v) is 9.45. The molecule has 0 saturated carbocycles. The molecule has 136 valence electrons. The van der Waals surface area contributed by atoms with Gasteiger partial charge in [-0.15, -0.1) is 0 Å². The van der Waals surface area contributed by atoms with Gasteiger partial charge in [0, 0.05) is 45.1 Å². The third kappa shape index (κ3) is 4.82. The number of nitrogens with one attached hydrogen (secondary N) is 1. The number of carbonyl (C=O) groups is 2. The fourth-order valence-corrected chi connectivity index (χ4v) is 3.78. The Morgan fingerprint density at radius 3 is 2.84 bits per heavy atom. The second-order valence-electron chi connectivity index (χ2n) is 7.29. The van der Waals surface area contributed by atoms with Crippen LogP contribution in [0.3, 0.4) is 0 Å². The summed E-state index contributed by atoms with van der Waals surface area (Å²) in [6.07, 6.45) is 5.16. The topological polar surface area (TPSA) is 52.7 Å². The highest BCUT2D eigenvalue weighted by Crippen LogP contribution is 2.21. The van der Waals surface area contributed by atoms with Gasteiger partial charge < -0.3 is 10.2 Å². The molecule has 1 aromatic carbocycles. The van der Waals surface area contributed by atoms with E-state index in [-0.39, 0.29) is 11.8 Å². The molecule has 2 aliphatic heterocycles. The van der Waals surface area contributed by atoms with Gasteiger partial charge in [0.15, 0.2) is 0 Å². The average Bonchev–Trinajstić information content (AvgIpc) is 2.82. The molecule has 1 saturated heterocycles. The summed E-state index contributed by atoms with van der Waals surface area (Å²) in [6, 6.07) is 8.86. The van der Waals surface area contributed by atoms with Gasteiger partial charge in [-0.25, -0.2) is 0 Å². The van der Waals surface area contributed by atoms with Crippen LogP contribution in [-0.4, -0.2) is 54.3 Å². The van der Waals surface area contributed by atoms with E-state index < -0.39 is 0 Å². The lowest BCUT2D eigenvalue weighted by Gasteiger charge is -2.34. The van der Waals surface area contributed by atoms with E-state index in [9.17, 15) is 9.59 Å². The Morgan fingerprint density at radius 1 is 1.20 bits per heavy atom. The molecule has 1 aromatic rings. The maximum absolute atomic E-state index is 12.2. The molecule has 3 rings (SSSR count). The van der Waals surface area contributed by atoms with Crippen molar-refractivity contribution in [1.82, 2.24) is 15.1 Å². The quantitative estimate of drug-likeness (QED) is 0.889. The summed E-state index contributed by atoms with van der Waals surface area (Å²) in [6.45, 7) is 2.94. The van der Waals surface area contributed by atoms with E-state index in [1.54, 1.807) is 0 Å². The Balaban J connectivity index is 1.44. The number of benzene rings is 1. The fourth-order valence-electron chi connectivity index (χ4n) is 3.78. The predicted molar refractivity (Wildman–Crippen MR) is 98.1 cm³/mol. The van der Waals surface area contributed by atoms with Gasteiger partial charge >= 0.3 is 0 Å². The van der Waals surface area contributed by atoms with E-state index in [1.165, 1.54) is 11.1 Å². The van der Waals surface area contributed by atoms with Crippen LogP contribution in [0.25, 0.3) is 0 Å². The Kier molecular flexibility index (Phi) is 6.08. The zero-order valence-electron chi connectivity index (χ0n) is 15.2. The van der Waals surface area contributed by atoms with E-state index >= 15 is 0 Å². The first kappa shape index (κ1) is 17.9. The van der Waals surface area contributed by atoms with Gasteiger partial charge in [-0.2, -0.15) is 0 Å². The van der Waals surface area contributed by atoms with Gasteiger partial charge in [0.05, 0.1) is 0 Å². The van der Waals surface area contributed by atoms with Gasteiger partial charge in [-0.05, 0) is 37.4 Å². The molecule has 25 heavy (non-hydrogen) atoms. The molecule has 0 radical (unpaired) electrons. The van der Waals surface area contributed by atoms with E-state index in [2.05, 4.69) is 41.5 Å². The summed E-state index contributed by atoms with van der Waals surface area (Å²) >= 11 is 0. The fraction of sp³-hybridized carbons (Fsp3) is 0.600. The number of amides is 2. The standard InChI is InChI=1S/C20H29N3O2/c1-22-15-17-8-5-4-7-16(17)13-18(22)14-21-19(24)10-12-23-11-6-2-3-9-20(23)25/h4-5,7-8,18H,2-3,6,9-15H2,1H3,(H,21,24)/t18-/m1/s1. The van der Waals surface area contributed by atoms with Crippen molar-refractivity contribution in [1.29, 1.82) is 0 Å². The molecule has 0 bridgehead atoms. The summed E-state index contributed by atoms with van der Waals surface area (Å²) in [5.74, 6) is 0.248. The van der Waals surface area contributed by atoms with Crippen molar-refractivity contribution in [2.45, 2.75) is 51.1 Å². The number of fused-ring (bicyclic) bond motifs is 1. The van der Waals surface area contributed by atoms with Crippen molar-refractivity contribution < 1.29 is 9.59 Å². The lowest BCUT2D eigenvalue weighted by atomic mass is 9.94. The molecular formula is C20H29N3O2. The van der Waals surface area contributed by atoms with Crippen LogP contribution in [0.5, 0.6) is 0 Å². The Morgan fingerprint density at radius 2 is 2.00 bits per heavy atom. The van der Waals surface area contributed by atoms with Gasteiger partial charge in [0.1, 0.15) is 0 Å². The monoisotopic (exact) mass is 343 g/mol. The minimum atomic E-state index is 0.0457. The highest BCUT2D eigenvalue weighted by atomic mass is 16.2. The number of likely N-dealkylation sites (N-methyl/N-ethyl adjacent to an activating group) is 1. The minimum absolute atomic E-state index is 0.0457. The minimum Gasteiger partial charge on any atom is -0.354 e. The van der Waals surface area contributed by atoms with Crippen molar-refractivity contribution in [2.24, 2.45) is 0 Å². The van der Waals surface area contributed by atoms with Gasteiger partial charge in [-0.1, -0.05) is 30.7 Å². The van der Waals surface area contributed by atoms with Crippen molar-refractivity contribution >= 4 is 11.8 Å². The number of nitrogens with zero attached hydrogens (tertiary/aromatic N) is 2. The maximum atomic E-state index is 12.2. The van der Waals surface area contributed by atoms with Crippen LogP contribution in [0, 0.1) is 0 Å². The van der Waals surface area contributed by atoms with Crippen molar-refractivity contribution in [3.8, 4) is 0 Å². The number of hydrogen-bond acceptors (Lipinski definition) is 3. The molecule has 1 N–H and O–H groups in total. The van der Waals surface area contributed by atoms with Gasteiger partial charge in [-0.3, -0.25) is 14.5 Å². The third-order valence-corrected chi connectivity index (χ3v) is 5.43. The zero-order valence-corrected chi connectivity index (χ0v) is 15.2. The number of rotatable bonds is 5. The number of likely N-dealkylation sites (tertiary alicyclic amines) is 1. The Hall–Kier alpha value is -1.88. The largest absolute Gasteiger partial charge is 0.354 e. The molecule has 0 unspecified atom stereocenters. The summed E-state index contributed by atoms with van der Waals surface area (Å²) in [5, 5.41) is 3.07. The summed E-state index contributed by atoms with van der Waals surface area (Å²) in [5.41, 5.74) is 2.77. The molecule has 2 aliphatic rings. The zero-order chi connectivity index (χ0) is 17.6. The molecule has 5 nitrogen and oxygen atoms in total. The van der Waals surface area contributed by atoms with E-state index in [4.69, 9.17) is 0 Å². The summed E-state index contributed by atoms with van der Waals surface area (Å²) < 4.78 is 0. The molecule has 0 aliphatic carbocycles. The van der Waals surface area contributed by atoms with Crippen molar-refractivity contribution in [3.63, 3.8) is 0 Å². The molecule has 1 atom stereocenters. The number of hydrogen-bond donors (Lipinski definition) is 1. The number of carbonyl (C=O) groups excluding carboxylic acids is 2. The average molecular weight is 343 g/mol. The second kappa shape index (κ2) is 8.48. The highest BCUT2D eigenvalue weighted by molar-refractivity contribution is 5.79. The highest BCUT2D eigenvalue weighted by Gasteiger charge is 2.23. The molecule has 0 aromatic heterocycles. The Bertz CT molecular complexity index is 617. The van der Waals surface area contributed by atoms with Crippen LogP contribution in [0.1, 0.15) is 43.2 Å². The smallest absolute Gasteiger partial charge is 0.222 e. The third-order valence-electron chi connectivity index (χ3n) is 5.43. The molecule has 1 fully saturated rings. The van der Waals surface area contributed by atoms with E-state index in [1.807, 2.05) is 4.90 Å². The van der Waals surface area contributed by atoms with Gasteiger partial charge in [0.25, 0.3) is 0 Å². The lowest BCUT2D eigenvalue weighted by Crippen LogP contribution is -2.46. The van der Waals surface area contributed by atoms with Crippen LogP contribution in [0.4, 0.5) is 0 Å². The molecule has 2 amide bonds. The van der Waals surface area contributed by atoms with Gasteiger partial charge in [0.2, 0.25) is 11.8 Å². The molecule has 0 spiro atoms. The molecule has 2 heterocycles. The van der Waals surface area contributed by atoms with Crippen LogP contribution in [0.2, 0.25) is 0 Å². The summed E-state index contributed by atoms with van der Waals surface area (Å²) in [4.78, 5) is 28.3. The first-order chi connectivity index (χ1) is 12.1. The molecule has 5 heteroatoms. The van der Waals surface area contributed by atoms with Crippen LogP contribution >= 0.6 is 0 Å². The van der Waals surface area contributed by atoms with Crippen molar-refractivity contribution in [3.05, 3.63) is 35.4 Å². The van der Waals surface area contributed by atoms with Crippen LogP contribution in [-0.2, 0) is 22.6 Å². The molecular weight excluding hydrogens is 314 g/mol. The van der Waals surface area contributed by atoms with E-state index in [0.717, 1.165) is 38.8 Å². The van der Waals surface area contributed by atoms with Crippen molar-refractivity contribution in [2.75, 3.05) is 26.7 Å². The normalized spacial score (nSPS) is 21.6. The van der Waals surface area contributed by atoms with Crippen LogP contribution in [0.15, 0.2) is 24.3 Å². The predicted octanol–water partition coefficient (Wildman–Crippen LogP) is 1.95. The lowest BCUT2D eigenvalue weighted by molar-refractivity contribution is -0.131. The first-order valence-electron chi connectivity index (χ1n) is 9.45. The summed E-state index contributed by atoms with van der Waals surface area (Å²) in [7, 11) is 2.11. The van der Waals surface area contributed by atoms with E-state index in [0.29, 0.717) is 32.0 Å². The maximum Gasteiger partial charge on any atom is 0.222 e. The SMILES string of the molecule is CN1Cc2ccccc2C[C@@H]1CNC(=O)CCN1CCCCCC1=O. The van der Waals surface area contributed by atoms with Crippen LogP contribution < -0.4 is 5.32 Å². The second-order valence-corrected chi connectivity index (χ2v) is 7.29.